The number of sulfonamides is 1. The molecule has 2 N–H and O–H groups in total. The van der Waals surface area contributed by atoms with Crippen LogP contribution in [0, 0.1) is 20.8 Å². The average Bonchev–Trinajstić information content (AvgIpc) is 2.77. The molecule has 0 atom stereocenters. The summed E-state index contributed by atoms with van der Waals surface area (Å²) >= 11 is 7.89. The fourth-order valence-electron chi connectivity index (χ4n) is 3.08. The number of rotatable bonds is 9. The Labute approximate surface area is 205 Å². The van der Waals surface area contributed by atoms with Gasteiger partial charge in [-0.1, -0.05) is 47.5 Å². The predicted octanol–water partition coefficient (Wildman–Crippen LogP) is 5.73. The van der Waals surface area contributed by atoms with Crippen LogP contribution in [0.15, 0.2) is 65.6 Å². The molecule has 0 aliphatic heterocycles. The second-order valence-electron chi connectivity index (χ2n) is 7.84. The van der Waals surface area contributed by atoms with Crippen molar-refractivity contribution in [2.24, 2.45) is 0 Å². The van der Waals surface area contributed by atoms with Gasteiger partial charge in [-0.25, -0.2) is 8.42 Å². The minimum atomic E-state index is -3.96. The molecule has 3 aromatic rings. The molecule has 0 aliphatic rings. The highest BCUT2D eigenvalue weighted by Crippen LogP contribution is 2.26. The van der Waals surface area contributed by atoms with Gasteiger partial charge in [0, 0.05) is 29.3 Å². The fourth-order valence-corrected chi connectivity index (χ4v) is 5.47. The molecule has 0 fully saturated rings. The first kappa shape index (κ1) is 25.1. The number of nitrogens with one attached hydrogen (secondary N) is 2. The van der Waals surface area contributed by atoms with Crippen molar-refractivity contribution >= 4 is 45.0 Å². The number of thioether (sulfide) groups is 1. The van der Waals surface area contributed by atoms with Gasteiger partial charge in [0.05, 0.1) is 5.02 Å². The average molecular weight is 503 g/mol. The highest BCUT2D eigenvalue weighted by Gasteiger charge is 2.20. The Bertz CT molecular complexity index is 1240. The summed E-state index contributed by atoms with van der Waals surface area (Å²) in [5.74, 6) is 1.27. The summed E-state index contributed by atoms with van der Waals surface area (Å²) in [5.41, 5.74) is 5.17. The Balaban J connectivity index is 1.60. The van der Waals surface area contributed by atoms with E-state index in [0.717, 1.165) is 22.6 Å². The number of benzene rings is 3. The number of amides is 1. The molecule has 3 aromatic carbocycles. The van der Waals surface area contributed by atoms with E-state index in [9.17, 15) is 13.2 Å². The maximum Gasteiger partial charge on any atom is 0.263 e. The van der Waals surface area contributed by atoms with Crippen molar-refractivity contribution in [3.05, 3.63) is 93.5 Å². The van der Waals surface area contributed by atoms with Gasteiger partial charge in [-0.15, -0.1) is 0 Å². The number of anilines is 1. The highest BCUT2D eigenvalue weighted by molar-refractivity contribution is 7.98. The van der Waals surface area contributed by atoms with Crippen LogP contribution in [0.4, 0.5) is 5.69 Å². The standard InChI is InChI=1S/C25H27ClN2O3S2/c1-17-4-7-20(8-5-17)16-32-13-12-27-25(29)21-9-11-23(26)24(15-21)33(30,31)28-22-10-6-18(2)19(3)14-22/h4-11,14-15,28H,12-13,16H2,1-3H3,(H,27,29). The van der Waals surface area contributed by atoms with E-state index in [4.69, 9.17) is 11.6 Å². The van der Waals surface area contributed by atoms with Crippen LogP contribution >= 0.6 is 23.4 Å². The number of carbonyl (C=O) groups is 1. The largest absolute Gasteiger partial charge is 0.351 e. The minimum Gasteiger partial charge on any atom is -0.351 e. The van der Waals surface area contributed by atoms with Crippen LogP contribution in [0.1, 0.15) is 32.6 Å². The molecule has 0 saturated carbocycles. The first-order valence-corrected chi connectivity index (χ1v) is 13.5. The summed E-state index contributed by atoms with van der Waals surface area (Å²) < 4.78 is 28.4. The van der Waals surface area contributed by atoms with Gasteiger partial charge in [0.15, 0.2) is 0 Å². The van der Waals surface area contributed by atoms with Crippen molar-refractivity contribution in [2.45, 2.75) is 31.4 Å². The topological polar surface area (TPSA) is 75.3 Å². The van der Waals surface area contributed by atoms with Gasteiger partial charge in [-0.2, -0.15) is 11.8 Å². The minimum absolute atomic E-state index is 0.0523. The second kappa shape index (κ2) is 11.1. The second-order valence-corrected chi connectivity index (χ2v) is 11.0. The third-order valence-corrected chi connectivity index (χ3v) is 8.06. The van der Waals surface area contributed by atoms with Gasteiger partial charge in [-0.3, -0.25) is 9.52 Å². The molecule has 0 aromatic heterocycles. The summed E-state index contributed by atoms with van der Waals surface area (Å²) in [6.45, 7) is 6.39. The van der Waals surface area contributed by atoms with E-state index in [2.05, 4.69) is 41.2 Å². The number of aryl methyl sites for hydroxylation is 3. The summed E-state index contributed by atoms with van der Waals surface area (Å²) in [6.07, 6.45) is 0. The maximum atomic E-state index is 12.9. The zero-order valence-electron chi connectivity index (χ0n) is 18.8. The van der Waals surface area contributed by atoms with Crippen molar-refractivity contribution in [3.63, 3.8) is 0 Å². The number of hydrogen-bond donors (Lipinski definition) is 2. The zero-order chi connectivity index (χ0) is 24.0. The monoisotopic (exact) mass is 502 g/mol. The lowest BCUT2D eigenvalue weighted by Gasteiger charge is -2.12. The van der Waals surface area contributed by atoms with E-state index in [1.807, 2.05) is 19.9 Å². The van der Waals surface area contributed by atoms with Gasteiger partial charge in [-0.05, 0) is 67.8 Å². The molecule has 5 nitrogen and oxygen atoms in total. The molecule has 0 bridgehead atoms. The van der Waals surface area contributed by atoms with Crippen LogP contribution in [-0.4, -0.2) is 26.6 Å². The Hall–Kier alpha value is -2.48. The molecule has 0 saturated heterocycles. The number of hydrogen-bond acceptors (Lipinski definition) is 4. The molecule has 0 radical (unpaired) electrons. The zero-order valence-corrected chi connectivity index (χ0v) is 21.2. The van der Waals surface area contributed by atoms with Crippen LogP contribution in [0.2, 0.25) is 5.02 Å². The van der Waals surface area contributed by atoms with Crippen LogP contribution in [-0.2, 0) is 15.8 Å². The molecule has 0 spiro atoms. The van der Waals surface area contributed by atoms with Crippen LogP contribution in [0.25, 0.3) is 0 Å². The van der Waals surface area contributed by atoms with Gasteiger partial charge in [0.25, 0.3) is 15.9 Å². The Morgan fingerprint density at radius 1 is 0.939 bits per heavy atom. The van der Waals surface area contributed by atoms with Crippen molar-refractivity contribution in [2.75, 3.05) is 17.0 Å². The highest BCUT2D eigenvalue weighted by atomic mass is 35.5. The Morgan fingerprint density at radius 3 is 2.36 bits per heavy atom. The lowest BCUT2D eigenvalue weighted by atomic mass is 10.1. The summed E-state index contributed by atoms with van der Waals surface area (Å²) in [6, 6.07) is 17.9. The van der Waals surface area contributed by atoms with E-state index >= 15 is 0 Å². The van der Waals surface area contributed by atoms with E-state index in [0.29, 0.717) is 12.2 Å². The van der Waals surface area contributed by atoms with Crippen LogP contribution < -0.4 is 10.0 Å². The molecule has 8 heteroatoms. The molecule has 0 unspecified atom stereocenters. The lowest BCUT2D eigenvalue weighted by molar-refractivity contribution is 0.0956. The Kier molecular flexibility index (Phi) is 8.46. The van der Waals surface area contributed by atoms with Crippen LogP contribution in [0.5, 0.6) is 0 Å². The third-order valence-electron chi connectivity index (χ3n) is 5.16. The van der Waals surface area contributed by atoms with Gasteiger partial charge >= 0.3 is 0 Å². The number of carbonyl (C=O) groups excluding carboxylic acids is 1. The maximum absolute atomic E-state index is 12.9. The van der Waals surface area contributed by atoms with Gasteiger partial charge < -0.3 is 5.32 Å². The van der Waals surface area contributed by atoms with E-state index in [1.54, 1.807) is 23.9 Å². The van der Waals surface area contributed by atoms with Crippen molar-refractivity contribution in [3.8, 4) is 0 Å². The molecular weight excluding hydrogens is 476 g/mol. The molecular formula is C25H27ClN2O3S2. The molecule has 174 valence electrons. The molecule has 0 aliphatic carbocycles. The number of halogens is 1. The quantitative estimate of drug-likeness (QED) is 0.366. The lowest BCUT2D eigenvalue weighted by Crippen LogP contribution is -2.26. The predicted molar refractivity (Wildman–Crippen MR) is 138 cm³/mol. The smallest absolute Gasteiger partial charge is 0.263 e. The Morgan fingerprint density at radius 2 is 1.67 bits per heavy atom. The molecule has 1 amide bonds. The molecule has 0 heterocycles. The molecule has 33 heavy (non-hydrogen) atoms. The van der Waals surface area contributed by atoms with Crippen molar-refractivity contribution < 1.29 is 13.2 Å². The summed E-state index contributed by atoms with van der Waals surface area (Å²) in [7, 11) is -3.96. The van der Waals surface area contributed by atoms with Crippen LogP contribution in [0.3, 0.4) is 0 Å². The third kappa shape index (κ3) is 7.00. The van der Waals surface area contributed by atoms with Crippen molar-refractivity contribution in [1.29, 1.82) is 0 Å². The van der Waals surface area contributed by atoms with Crippen molar-refractivity contribution in [1.82, 2.24) is 5.32 Å². The van der Waals surface area contributed by atoms with E-state index < -0.39 is 10.0 Å². The first-order valence-electron chi connectivity index (χ1n) is 10.5. The summed E-state index contributed by atoms with van der Waals surface area (Å²) in [4.78, 5) is 12.4. The van der Waals surface area contributed by atoms with E-state index in [-0.39, 0.29) is 21.4 Å². The van der Waals surface area contributed by atoms with E-state index in [1.165, 1.54) is 29.3 Å². The van der Waals surface area contributed by atoms with Gasteiger partial charge in [0.1, 0.15) is 4.90 Å². The fraction of sp³-hybridized carbons (Fsp3) is 0.240. The molecule has 3 rings (SSSR count). The first-order chi connectivity index (χ1) is 15.7. The normalized spacial score (nSPS) is 11.3. The van der Waals surface area contributed by atoms with Gasteiger partial charge in [0.2, 0.25) is 0 Å². The summed E-state index contributed by atoms with van der Waals surface area (Å²) in [5, 5.41) is 2.89. The SMILES string of the molecule is Cc1ccc(CSCCNC(=O)c2ccc(Cl)c(S(=O)(=O)Nc3ccc(C)c(C)c3)c2)cc1.